The second-order valence-corrected chi connectivity index (χ2v) is 7.59. The van der Waals surface area contributed by atoms with Crippen molar-refractivity contribution in [2.45, 2.75) is 58.1 Å². The van der Waals surface area contributed by atoms with E-state index in [1.807, 2.05) is 25.7 Å². The molecule has 1 aromatic carbocycles. The lowest BCUT2D eigenvalue weighted by molar-refractivity contribution is 0.0117. The van der Waals surface area contributed by atoms with Crippen molar-refractivity contribution in [2.75, 3.05) is 19.6 Å². The van der Waals surface area contributed by atoms with E-state index in [-0.39, 0.29) is 12.1 Å². The molecule has 4 heteroatoms. The van der Waals surface area contributed by atoms with Gasteiger partial charge >= 0.3 is 6.09 Å². The van der Waals surface area contributed by atoms with E-state index in [4.69, 9.17) is 4.74 Å². The fourth-order valence-electron chi connectivity index (χ4n) is 3.64. The second-order valence-electron chi connectivity index (χ2n) is 7.59. The molecule has 0 radical (unpaired) electrons. The summed E-state index contributed by atoms with van der Waals surface area (Å²) in [6, 6.07) is 6.65. The fraction of sp³-hybridized carbons (Fsp3) is 0.632. The van der Waals surface area contributed by atoms with E-state index in [1.165, 1.54) is 29.5 Å². The highest BCUT2D eigenvalue weighted by Gasteiger charge is 2.33. The van der Waals surface area contributed by atoms with Gasteiger partial charge in [-0.2, -0.15) is 0 Å². The summed E-state index contributed by atoms with van der Waals surface area (Å²) in [5.74, 6) is 0. The molecule has 4 nitrogen and oxygen atoms in total. The van der Waals surface area contributed by atoms with Crippen molar-refractivity contribution in [3.05, 3.63) is 34.9 Å². The second kappa shape index (κ2) is 6.52. The molecule has 0 bridgehead atoms. The molecule has 1 N–H and O–H groups in total. The number of carbonyl (C=O) groups is 1. The van der Waals surface area contributed by atoms with E-state index < -0.39 is 5.60 Å². The number of hydrogen-bond acceptors (Lipinski definition) is 3. The first-order valence-corrected chi connectivity index (χ1v) is 8.77. The van der Waals surface area contributed by atoms with E-state index in [9.17, 15) is 4.79 Å². The van der Waals surface area contributed by atoms with E-state index in [2.05, 4.69) is 23.5 Å². The lowest BCUT2D eigenvalue weighted by Crippen LogP contribution is -2.50. The predicted molar refractivity (Wildman–Crippen MR) is 91.6 cm³/mol. The zero-order valence-electron chi connectivity index (χ0n) is 14.5. The van der Waals surface area contributed by atoms with Crippen molar-refractivity contribution < 1.29 is 9.53 Å². The topological polar surface area (TPSA) is 41.6 Å². The van der Waals surface area contributed by atoms with E-state index in [0.717, 1.165) is 25.9 Å². The quantitative estimate of drug-likeness (QED) is 0.863. The molecule has 0 saturated carbocycles. The largest absolute Gasteiger partial charge is 0.444 e. The van der Waals surface area contributed by atoms with Crippen LogP contribution in [0.3, 0.4) is 0 Å². The van der Waals surface area contributed by atoms with Crippen LogP contribution in [0.15, 0.2) is 18.2 Å². The molecule has 1 amide bonds. The van der Waals surface area contributed by atoms with Gasteiger partial charge in [-0.05, 0) is 63.1 Å². The van der Waals surface area contributed by atoms with Gasteiger partial charge in [-0.25, -0.2) is 4.79 Å². The highest BCUT2D eigenvalue weighted by Crippen LogP contribution is 2.32. The van der Waals surface area contributed by atoms with Crippen LogP contribution in [-0.2, 0) is 17.6 Å². The first-order valence-electron chi connectivity index (χ1n) is 8.77. The molecule has 1 heterocycles. The Morgan fingerprint density at radius 2 is 2.04 bits per heavy atom. The smallest absolute Gasteiger partial charge is 0.410 e. The molecule has 1 fully saturated rings. The van der Waals surface area contributed by atoms with Gasteiger partial charge in [-0.1, -0.05) is 18.2 Å². The number of nitrogens with zero attached hydrogens (tertiary/aromatic N) is 1. The van der Waals surface area contributed by atoms with Crippen molar-refractivity contribution in [1.82, 2.24) is 10.2 Å². The molecule has 1 aliphatic heterocycles. The maximum atomic E-state index is 12.6. The van der Waals surface area contributed by atoms with Crippen LogP contribution in [0.1, 0.15) is 56.3 Å². The summed E-state index contributed by atoms with van der Waals surface area (Å²) in [5.41, 5.74) is 3.77. The van der Waals surface area contributed by atoms with Crippen molar-refractivity contribution in [3.63, 3.8) is 0 Å². The van der Waals surface area contributed by atoms with Crippen LogP contribution < -0.4 is 5.32 Å². The fourth-order valence-corrected chi connectivity index (χ4v) is 3.64. The molecule has 0 spiro atoms. The number of hydrogen-bond donors (Lipinski definition) is 1. The summed E-state index contributed by atoms with van der Waals surface area (Å²) < 4.78 is 5.63. The van der Waals surface area contributed by atoms with Gasteiger partial charge in [0, 0.05) is 19.6 Å². The minimum absolute atomic E-state index is 0.0756. The summed E-state index contributed by atoms with van der Waals surface area (Å²) in [6.45, 7) is 8.09. The maximum absolute atomic E-state index is 12.6. The third-order valence-electron chi connectivity index (χ3n) is 4.66. The Bertz CT molecular complexity index is 577. The van der Waals surface area contributed by atoms with Gasteiger partial charge in [0.25, 0.3) is 0 Å². The number of nitrogens with one attached hydrogen (secondary N) is 1. The standard InChI is InChI=1S/C19H28N2O2/c1-19(2,3)23-18(22)21-12-11-20-13-17(21)16-10-6-8-14-7-4-5-9-15(14)16/h6,8,10,17,20H,4-5,7,9,11-13H2,1-3H3. The number of rotatable bonds is 1. The molecule has 1 unspecified atom stereocenters. The van der Waals surface area contributed by atoms with Crippen molar-refractivity contribution in [1.29, 1.82) is 0 Å². The van der Waals surface area contributed by atoms with E-state index >= 15 is 0 Å². The molecule has 1 aromatic rings. The minimum Gasteiger partial charge on any atom is -0.444 e. The normalized spacial score (nSPS) is 21.7. The van der Waals surface area contributed by atoms with Gasteiger partial charge in [0.2, 0.25) is 0 Å². The summed E-state index contributed by atoms with van der Waals surface area (Å²) in [4.78, 5) is 14.6. The van der Waals surface area contributed by atoms with Gasteiger partial charge in [0.15, 0.2) is 0 Å². The lowest BCUT2D eigenvalue weighted by atomic mass is 9.85. The number of ether oxygens (including phenoxy) is 1. The predicted octanol–water partition coefficient (Wildman–Crippen LogP) is 3.45. The number of amides is 1. The van der Waals surface area contributed by atoms with E-state index in [0.29, 0.717) is 6.54 Å². The van der Waals surface area contributed by atoms with Gasteiger partial charge in [0.1, 0.15) is 5.60 Å². The summed E-state index contributed by atoms with van der Waals surface area (Å²) >= 11 is 0. The van der Waals surface area contributed by atoms with Crippen molar-refractivity contribution >= 4 is 6.09 Å². The zero-order valence-corrected chi connectivity index (χ0v) is 14.5. The Morgan fingerprint density at radius 3 is 2.83 bits per heavy atom. The lowest BCUT2D eigenvalue weighted by Gasteiger charge is -2.38. The number of fused-ring (bicyclic) bond motifs is 1. The van der Waals surface area contributed by atoms with Crippen LogP contribution in [0.4, 0.5) is 4.79 Å². The van der Waals surface area contributed by atoms with Crippen LogP contribution in [-0.4, -0.2) is 36.2 Å². The molecule has 2 aliphatic rings. The monoisotopic (exact) mass is 316 g/mol. The summed E-state index contributed by atoms with van der Waals surface area (Å²) in [5, 5.41) is 3.44. The highest BCUT2D eigenvalue weighted by atomic mass is 16.6. The third-order valence-corrected chi connectivity index (χ3v) is 4.66. The van der Waals surface area contributed by atoms with Crippen LogP contribution in [0.25, 0.3) is 0 Å². The van der Waals surface area contributed by atoms with Gasteiger partial charge in [-0.3, -0.25) is 4.90 Å². The molecule has 3 rings (SSSR count). The van der Waals surface area contributed by atoms with Crippen LogP contribution in [0.2, 0.25) is 0 Å². The number of benzene rings is 1. The van der Waals surface area contributed by atoms with E-state index in [1.54, 1.807) is 0 Å². The molecular formula is C19H28N2O2. The Hall–Kier alpha value is -1.55. The van der Waals surface area contributed by atoms with Crippen molar-refractivity contribution in [2.24, 2.45) is 0 Å². The number of carbonyl (C=O) groups excluding carboxylic acids is 1. The van der Waals surface area contributed by atoms with Crippen LogP contribution >= 0.6 is 0 Å². The Morgan fingerprint density at radius 1 is 1.26 bits per heavy atom. The average Bonchev–Trinajstić information content (AvgIpc) is 2.53. The zero-order chi connectivity index (χ0) is 16.4. The Labute approximate surface area is 139 Å². The average molecular weight is 316 g/mol. The number of piperazine rings is 1. The SMILES string of the molecule is CC(C)(C)OC(=O)N1CCNCC1c1cccc2c1CCCC2. The first kappa shape index (κ1) is 16.3. The molecule has 1 atom stereocenters. The van der Waals surface area contributed by atoms with Crippen LogP contribution in [0, 0.1) is 0 Å². The molecule has 23 heavy (non-hydrogen) atoms. The van der Waals surface area contributed by atoms with Crippen LogP contribution in [0.5, 0.6) is 0 Å². The molecule has 126 valence electrons. The van der Waals surface area contributed by atoms with Gasteiger partial charge in [0.05, 0.1) is 6.04 Å². The van der Waals surface area contributed by atoms with Gasteiger partial charge < -0.3 is 10.1 Å². The number of aryl methyl sites for hydroxylation is 1. The summed E-state index contributed by atoms with van der Waals surface area (Å²) in [6.07, 6.45) is 4.61. The Balaban J connectivity index is 1.89. The molecular weight excluding hydrogens is 288 g/mol. The Kier molecular flexibility index (Phi) is 4.62. The third kappa shape index (κ3) is 3.69. The van der Waals surface area contributed by atoms with Gasteiger partial charge in [-0.15, -0.1) is 0 Å². The highest BCUT2D eigenvalue weighted by molar-refractivity contribution is 5.69. The molecule has 0 aromatic heterocycles. The molecule has 1 aliphatic carbocycles. The summed E-state index contributed by atoms with van der Waals surface area (Å²) in [7, 11) is 0. The molecule has 1 saturated heterocycles. The first-order chi connectivity index (χ1) is 11.0. The maximum Gasteiger partial charge on any atom is 0.410 e. The van der Waals surface area contributed by atoms with Crippen molar-refractivity contribution in [3.8, 4) is 0 Å². The minimum atomic E-state index is -0.456.